The summed E-state index contributed by atoms with van der Waals surface area (Å²) in [6.07, 6.45) is 2.25. The molecule has 130 valence electrons. The fraction of sp³-hybridized carbons (Fsp3) is 0.471. The van der Waals surface area contributed by atoms with Gasteiger partial charge in [0.05, 0.1) is 10.6 Å². The van der Waals surface area contributed by atoms with Crippen molar-refractivity contribution in [1.29, 1.82) is 0 Å². The molecule has 24 heavy (non-hydrogen) atoms. The molecule has 1 aromatic carbocycles. The van der Waals surface area contributed by atoms with Crippen LogP contribution in [0.25, 0.3) is 0 Å². The normalized spacial score (nSPS) is 19.5. The second-order valence-corrected chi connectivity index (χ2v) is 8.09. The number of sulfonamides is 1. The molecule has 2 aromatic rings. The standard InChI is InChI=1S/C17H24N4O2S/c1-14-12-17(20-19-14)15-6-5-10-21(13-15)11-9-18-24(22,23)16-7-3-2-4-8-16/h2-4,7-8,12,15,18H,5-6,9-11,13H2,1H3,(H,19,20)/t15-/m0/s1. The van der Waals surface area contributed by atoms with Crippen LogP contribution in [0.2, 0.25) is 0 Å². The fourth-order valence-corrected chi connectivity index (χ4v) is 4.21. The predicted molar refractivity (Wildman–Crippen MR) is 93.4 cm³/mol. The maximum absolute atomic E-state index is 12.2. The molecular weight excluding hydrogens is 324 g/mol. The number of hydrogen-bond acceptors (Lipinski definition) is 4. The molecule has 0 radical (unpaired) electrons. The molecule has 1 saturated heterocycles. The largest absolute Gasteiger partial charge is 0.301 e. The van der Waals surface area contributed by atoms with Crippen molar-refractivity contribution < 1.29 is 8.42 Å². The number of nitrogens with zero attached hydrogens (tertiary/aromatic N) is 2. The number of rotatable bonds is 6. The van der Waals surface area contributed by atoms with E-state index in [1.807, 2.05) is 13.0 Å². The second-order valence-electron chi connectivity index (χ2n) is 6.33. The van der Waals surface area contributed by atoms with Gasteiger partial charge in [-0.3, -0.25) is 5.10 Å². The van der Waals surface area contributed by atoms with E-state index < -0.39 is 10.0 Å². The lowest BCUT2D eigenvalue weighted by Gasteiger charge is -2.31. The summed E-state index contributed by atoms with van der Waals surface area (Å²) in [5.41, 5.74) is 2.19. The van der Waals surface area contributed by atoms with Crippen LogP contribution in [0.15, 0.2) is 41.3 Å². The van der Waals surface area contributed by atoms with Crippen molar-refractivity contribution in [2.24, 2.45) is 0 Å². The average molecular weight is 348 g/mol. The summed E-state index contributed by atoms with van der Waals surface area (Å²) in [5, 5.41) is 7.37. The van der Waals surface area contributed by atoms with E-state index in [-0.39, 0.29) is 0 Å². The maximum atomic E-state index is 12.2. The highest BCUT2D eigenvalue weighted by atomic mass is 32.2. The lowest BCUT2D eigenvalue weighted by atomic mass is 9.95. The van der Waals surface area contributed by atoms with E-state index in [4.69, 9.17) is 0 Å². The number of H-pyrrole nitrogens is 1. The van der Waals surface area contributed by atoms with Crippen LogP contribution in [-0.4, -0.2) is 49.7 Å². The topological polar surface area (TPSA) is 78.1 Å². The fourth-order valence-electron chi connectivity index (χ4n) is 3.17. The third kappa shape index (κ3) is 4.23. The number of nitrogens with one attached hydrogen (secondary N) is 2. The summed E-state index contributed by atoms with van der Waals surface area (Å²) in [4.78, 5) is 2.62. The Morgan fingerprint density at radius 2 is 2.12 bits per heavy atom. The smallest absolute Gasteiger partial charge is 0.240 e. The number of piperidine rings is 1. The van der Waals surface area contributed by atoms with Crippen LogP contribution in [0.4, 0.5) is 0 Å². The summed E-state index contributed by atoms with van der Waals surface area (Å²) in [6.45, 7) is 5.08. The molecule has 2 heterocycles. The molecule has 1 atom stereocenters. The van der Waals surface area contributed by atoms with Crippen molar-refractivity contribution in [3.63, 3.8) is 0 Å². The van der Waals surface area contributed by atoms with Crippen molar-refractivity contribution in [3.05, 3.63) is 47.8 Å². The number of aromatic amines is 1. The van der Waals surface area contributed by atoms with Crippen molar-refractivity contribution in [2.45, 2.75) is 30.6 Å². The Morgan fingerprint density at radius 3 is 2.83 bits per heavy atom. The second kappa shape index (κ2) is 7.46. The Labute approximate surface area is 143 Å². The lowest BCUT2D eigenvalue weighted by Crippen LogP contribution is -2.40. The first-order chi connectivity index (χ1) is 11.5. The average Bonchev–Trinajstić information content (AvgIpc) is 3.02. The third-order valence-corrected chi connectivity index (χ3v) is 5.90. The zero-order valence-electron chi connectivity index (χ0n) is 13.9. The van der Waals surface area contributed by atoms with E-state index in [1.165, 1.54) is 0 Å². The molecule has 1 fully saturated rings. The first-order valence-electron chi connectivity index (χ1n) is 8.33. The highest BCUT2D eigenvalue weighted by Crippen LogP contribution is 2.25. The molecule has 0 aliphatic carbocycles. The van der Waals surface area contributed by atoms with Gasteiger partial charge in [-0.1, -0.05) is 18.2 Å². The molecule has 0 saturated carbocycles. The summed E-state index contributed by atoms with van der Waals surface area (Å²) in [7, 11) is -3.42. The van der Waals surface area contributed by atoms with Gasteiger partial charge in [-0.05, 0) is 44.5 Å². The van der Waals surface area contributed by atoms with Gasteiger partial charge in [0.15, 0.2) is 0 Å². The van der Waals surface area contributed by atoms with E-state index in [0.29, 0.717) is 23.9 Å². The third-order valence-electron chi connectivity index (χ3n) is 4.42. The van der Waals surface area contributed by atoms with Crippen LogP contribution in [0.1, 0.15) is 30.1 Å². The number of aryl methyl sites for hydroxylation is 1. The number of aromatic nitrogens is 2. The highest BCUT2D eigenvalue weighted by molar-refractivity contribution is 7.89. The van der Waals surface area contributed by atoms with E-state index in [9.17, 15) is 8.42 Å². The van der Waals surface area contributed by atoms with Gasteiger partial charge in [-0.2, -0.15) is 5.10 Å². The molecule has 0 unspecified atom stereocenters. The van der Waals surface area contributed by atoms with Crippen molar-refractivity contribution in [2.75, 3.05) is 26.2 Å². The van der Waals surface area contributed by atoms with Gasteiger partial charge in [0, 0.05) is 31.2 Å². The van der Waals surface area contributed by atoms with Crippen molar-refractivity contribution in [1.82, 2.24) is 19.8 Å². The van der Waals surface area contributed by atoms with Crippen LogP contribution in [0.3, 0.4) is 0 Å². The molecule has 1 aromatic heterocycles. The van der Waals surface area contributed by atoms with Gasteiger partial charge in [-0.25, -0.2) is 13.1 Å². The lowest BCUT2D eigenvalue weighted by molar-refractivity contribution is 0.209. The van der Waals surface area contributed by atoms with E-state index in [0.717, 1.165) is 37.3 Å². The van der Waals surface area contributed by atoms with Gasteiger partial charge in [0.25, 0.3) is 0 Å². The quantitative estimate of drug-likeness (QED) is 0.835. The highest BCUT2D eigenvalue weighted by Gasteiger charge is 2.23. The number of hydrogen-bond donors (Lipinski definition) is 2. The predicted octanol–water partition coefficient (Wildman–Crippen LogP) is 1.88. The first kappa shape index (κ1) is 17.1. The molecular formula is C17H24N4O2S. The zero-order chi connectivity index (χ0) is 17.0. The van der Waals surface area contributed by atoms with Gasteiger partial charge >= 0.3 is 0 Å². The molecule has 0 amide bonds. The van der Waals surface area contributed by atoms with Crippen LogP contribution < -0.4 is 4.72 Å². The first-order valence-corrected chi connectivity index (χ1v) is 9.82. The van der Waals surface area contributed by atoms with Crippen LogP contribution in [-0.2, 0) is 10.0 Å². The molecule has 3 rings (SSSR count). The Morgan fingerprint density at radius 1 is 1.33 bits per heavy atom. The van der Waals surface area contributed by atoms with Gasteiger partial charge in [0.1, 0.15) is 0 Å². The number of likely N-dealkylation sites (tertiary alicyclic amines) is 1. The Kier molecular flexibility index (Phi) is 5.33. The molecule has 1 aliphatic heterocycles. The van der Waals surface area contributed by atoms with E-state index >= 15 is 0 Å². The Hall–Kier alpha value is -1.70. The van der Waals surface area contributed by atoms with E-state index in [2.05, 4.69) is 25.9 Å². The minimum Gasteiger partial charge on any atom is -0.301 e. The van der Waals surface area contributed by atoms with Gasteiger partial charge < -0.3 is 4.90 Å². The van der Waals surface area contributed by atoms with Crippen molar-refractivity contribution >= 4 is 10.0 Å². The monoisotopic (exact) mass is 348 g/mol. The van der Waals surface area contributed by atoms with Crippen LogP contribution in [0, 0.1) is 6.92 Å². The molecule has 6 nitrogen and oxygen atoms in total. The maximum Gasteiger partial charge on any atom is 0.240 e. The Bertz CT molecular complexity index is 758. The summed E-state index contributed by atoms with van der Waals surface area (Å²) in [5.74, 6) is 0.425. The summed E-state index contributed by atoms with van der Waals surface area (Å²) >= 11 is 0. The minimum atomic E-state index is -3.42. The van der Waals surface area contributed by atoms with Gasteiger partial charge in [-0.15, -0.1) is 0 Å². The molecule has 2 N–H and O–H groups in total. The molecule has 7 heteroatoms. The van der Waals surface area contributed by atoms with E-state index in [1.54, 1.807) is 24.3 Å². The Balaban J connectivity index is 1.51. The molecule has 0 bridgehead atoms. The van der Waals surface area contributed by atoms with Gasteiger partial charge in [0.2, 0.25) is 10.0 Å². The zero-order valence-corrected chi connectivity index (χ0v) is 14.7. The SMILES string of the molecule is Cc1cc([C@H]2CCCN(CCNS(=O)(=O)c3ccccc3)C2)n[nH]1. The summed E-state index contributed by atoms with van der Waals surface area (Å²) < 4.78 is 27.1. The number of benzene rings is 1. The molecule has 1 aliphatic rings. The van der Waals surface area contributed by atoms with Crippen LogP contribution >= 0.6 is 0 Å². The van der Waals surface area contributed by atoms with Crippen LogP contribution in [0.5, 0.6) is 0 Å². The molecule has 0 spiro atoms. The minimum absolute atomic E-state index is 0.313. The van der Waals surface area contributed by atoms with Crippen molar-refractivity contribution in [3.8, 4) is 0 Å². The summed E-state index contributed by atoms with van der Waals surface area (Å²) in [6, 6.07) is 10.6.